The van der Waals surface area contributed by atoms with Gasteiger partial charge in [-0.15, -0.1) is 0 Å². The monoisotopic (exact) mass is 622 g/mol. The average Bonchev–Trinajstić information content (AvgIpc) is 3.01. The van der Waals surface area contributed by atoms with Crippen molar-refractivity contribution in [1.82, 2.24) is 5.32 Å². The van der Waals surface area contributed by atoms with Gasteiger partial charge in [-0.3, -0.25) is 9.59 Å². The number of carbonyl (C=O) groups excluding carboxylic acids is 1. The van der Waals surface area contributed by atoms with E-state index in [1.807, 2.05) is 6.92 Å². The lowest BCUT2D eigenvalue weighted by atomic mass is 9.77. The topological polar surface area (TPSA) is 66.4 Å². The van der Waals surface area contributed by atoms with Gasteiger partial charge in [0.25, 0.3) is 0 Å². The molecule has 0 aromatic rings. The molecular weight excluding hydrogens is 542 g/mol. The summed E-state index contributed by atoms with van der Waals surface area (Å²) in [6.07, 6.45) is 38.9. The summed E-state index contributed by atoms with van der Waals surface area (Å²) in [7, 11) is 0. The molecule has 0 bridgehead atoms. The largest absolute Gasteiger partial charge is 0.481 e. The molecule has 0 aromatic carbocycles. The number of nitrogens with one attached hydrogen (secondary N) is 1. The smallest absolute Gasteiger partial charge is 0.307 e. The molecular formula is C40H79NO3. The second-order valence-electron chi connectivity index (χ2n) is 14.1. The fraction of sp³-hybridized carbons (Fsp3) is 0.950. The Morgan fingerprint density at radius 1 is 0.500 bits per heavy atom. The second kappa shape index (κ2) is 33.3. The summed E-state index contributed by atoms with van der Waals surface area (Å²) in [5, 5.41) is 13.1. The number of amides is 1. The van der Waals surface area contributed by atoms with Crippen molar-refractivity contribution in [3.05, 3.63) is 0 Å². The number of hydrogen-bond acceptors (Lipinski definition) is 2. The van der Waals surface area contributed by atoms with Crippen molar-refractivity contribution in [3.8, 4) is 0 Å². The maximum absolute atomic E-state index is 12.9. The lowest BCUT2D eigenvalue weighted by molar-refractivity contribution is -0.149. The Balaban J connectivity index is 3.89. The lowest BCUT2D eigenvalue weighted by Crippen LogP contribution is -2.40. The zero-order chi connectivity index (χ0) is 32.5. The SMILES string of the molecule is CCCCCCCCCCCCCCCCCCNC(=O)C(C)C(C(=O)O)C(CC)CCCCCCCCCCCCCC. The Morgan fingerprint density at radius 2 is 0.818 bits per heavy atom. The number of rotatable bonds is 35. The summed E-state index contributed by atoms with van der Waals surface area (Å²) in [6.45, 7) is 9.13. The number of unbranched alkanes of at least 4 members (excludes halogenated alkanes) is 26. The van der Waals surface area contributed by atoms with Gasteiger partial charge in [0.1, 0.15) is 0 Å². The van der Waals surface area contributed by atoms with Gasteiger partial charge in [-0.25, -0.2) is 0 Å². The van der Waals surface area contributed by atoms with Gasteiger partial charge < -0.3 is 10.4 Å². The normalized spacial score (nSPS) is 13.5. The third-order valence-corrected chi connectivity index (χ3v) is 10.0. The van der Waals surface area contributed by atoms with Crippen molar-refractivity contribution < 1.29 is 14.7 Å². The molecule has 0 aromatic heterocycles. The quantitative estimate of drug-likeness (QED) is 0.0692. The molecule has 0 aliphatic carbocycles. The van der Waals surface area contributed by atoms with Crippen LogP contribution in [0.25, 0.3) is 0 Å². The molecule has 3 unspecified atom stereocenters. The summed E-state index contributed by atoms with van der Waals surface area (Å²) < 4.78 is 0. The van der Waals surface area contributed by atoms with E-state index in [0.29, 0.717) is 6.54 Å². The number of carboxylic acid groups (broad SMARTS) is 1. The van der Waals surface area contributed by atoms with Crippen molar-refractivity contribution in [2.24, 2.45) is 17.8 Å². The number of carboxylic acids is 1. The van der Waals surface area contributed by atoms with Crippen LogP contribution in [0.4, 0.5) is 0 Å². The zero-order valence-corrected chi connectivity index (χ0v) is 30.4. The highest BCUT2D eigenvalue weighted by Crippen LogP contribution is 2.30. The van der Waals surface area contributed by atoms with E-state index in [1.165, 1.54) is 161 Å². The van der Waals surface area contributed by atoms with Gasteiger partial charge in [0.2, 0.25) is 5.91 Å². The molecule has 4 heteroatoms. The van der Waals surface area contributed by atoms with Crippen LogP contribution in [0.3, 0.4) is 0 Å². The van der Waals surface area contributed by atoms with E-state index < -0.39 is 17.8 Å². The minimum atomic E-state index is -0.805. The standard InChI is InChI=1S/C40H79NO3/c1-5-8-10-12-14-16-18-20-21-22-23-25-27-29-31-33-35-41-39(42)36(4)38(40(43)44)37(7-3)34-32-30-28-26-24-19-17-15-13-11-9-6-2/h36-38H,5-35H2,1-4H3,(H,41,42)(H,43,44). The maximum atomic E-state index is 12.9. The fourth-order valence-corrected chi connectivity index (χ4v) is 6.92. The number of hydrogen-bond donors (Lipinski definition) is 2. The molecule has 3 atom stereocenters. The highest BCUT2D eigenvalue weighted by atomic mass is 16.4. The average molecular weight is 622 g/mol. The van der Waals surface area contributed by atoms with Crippen molar-refractivity contribution in [2.45, 2.75) is 220 Å². The summed E-state index contributed by atoms with van der Waals surface area (Å²) in [6, 6.07) is 0. The van der Waals surface area contributed by atoms with Gasteiger partial charge >= 0.3 is 5.97 Å². The summed E-state index contributed by atoms with van der Waals surface area (Å²) >= 11 is 0. The van der Waals surface area contributed by atoms with E-state index in [1.54, 1.807) is 0 Å². The Hall–Kier alpha value is -1.06. The fourth-order valence-electron chi connectivity index (χ4n) is 6.92. The first-order valence-electron chi connectivity index (χ1n) is 20.0. The summed E-state index contributed by atoms with van der Waals surface area (Å²) in [5.41, 5.74) is 0. The van der Waals surface area contributed by atoms with E-state index in [9.17, 15) is 14.7 Å². The molecule has 1 amide bonds. The Labute approximate surface area is 276 Å². The molecule has 0 aliphatic heterocycles. The predicted octanol–water partition coefficient (Wildman–Crippen LogP) is 12.8. The van der Waals surface area contributed by atoms with Gasteiger partial charge in [0.05, 0.1) is 5.92 Å². The third-order valence-electron chi connectivity index (χ3n) is 10.0. The van der Waals surface area contributed by atoms with Crippen LogP contribution in [0.5, 0.6) is 0 Å². The van der Waals surface area contributed by atoms with E-state index >= 15 is 0 Å². The maximum Gasteiger partial charge on any atom is 0.307 e. The van der Waals surface area contributed by atoms with Crippen LogP contribution < -0.4 is 5.32 Å². The Kier molecular flexibility index (Phi) is 32.5. The second-order valence-corrected chi connectivity index (χ2v) is 14.1. The van der Waals surface area contributed by atoms with Crippen molar-refractivity contribution in [1.29, 1.82) is 0 Å². The molecule has 2 N–H and O–H groups in total. The molecule has 0 saturated carbocycles. The Morgan fingerprint density at radius 3 is 1.14 bits per heavy atom. The minimum absolute atomic E-state index is 0.0759. The van der Waals surface area contributed by atoms with Crippen molar-refractivity contribution >= 4 is 11.9 Å². The molecule has 0 aliphatic rings. The predicted molar refractivity (Wildman–Crippen MR) is 192 cm³/mol. The summed E-state index contributed by atoms with van der Waals surface area (Å²) in [5.74, 6) is -1.87. The lowest BCUT2D eigenvalue weighted by Gasteiger charge is -2.27. The highest BCUT2D eigenvalue weighted by Gasteiger charge is 2.35. The molecule has 0 spiro atoms. The minimum Gasteiger partial charge on any atom is -0.481 e. The van der Waals surface area contributed by atoms with Gasteiger partial charge in [-0.05, 0) is 18.8 Å². The Bertz CT molecular complexity index is 622. The first kappa shape index (κ1) is 42.9. The molecule has 0 heterocycles. The van der Waals surface area contributed by atoms with Crippen LogP contribution >= 0.6 is 0 Å². The van der Waals surface area contributed by atoms with Crippen molar-refractivity contribution in [2.75, 3.05) is 6.54 Å². The molecule has 4 nitrogen and oxygen atoms in total. The van der Waals surface area contributed by atoms with Gasteiger partial charge in [0.15, 0.2) is 0 Å². The van der Waals surface area contributed by atoms with E-state index in [4.69, 9.17) is 0 Å². The van der Waals surface area contributed by atoms with E-state index in [0.717, 1.165) is 32.1 Å². The molecule has 0 rings (SSSR count). The zero-order valence-electron chi connectivity index (χ0n) is 30.4. The van der Waals surface area contributed by atoms with Crippen LogP contribution in [-0.4, -0.2) is 23.5 Å². The van der Waals surface area contributed by atoms with Gasteiger partial charge in [-0.1, -0.05) is 207 Å². The van der Waals surface area contributed by atoms with Crippen LogP contribution in [0.2, 0.25) is 0 Å². The molecule has 0 fully saturated rings. The number of carbonyl (C=O) groups is 2. The van der Waals surface area contributed by atoms with E-state index in [-0.39, 0.29) is 11.8 Å². The molecule has 44 heavy (non-hydrogen) atoms. The summed E-state index contributed by atoms with van der Waals surface area (Å²) in [4.78, 5) is 25.1. The van der Waals surface area contributed by atoms with Crippen LogP contribution in [0, 0.1) is 17.8 Å². The van der Waals surface area contributed by atoms with Crippen LogP contribution in [0.15, 0.2) is 0 Å². The first-order chi connectivity index (χ1) is 21.5. The van der Waals surface area contributed by atoms with Gasteiger partial charge in [-0.2, -0.15) is 0 Å². The van der Waals surface area contributed by atoms with E-state index in [2.05, 4.69) is 26.1 Å². The van der Waals surface area contributed by atoms with Gasteiger partial charge in [0, 0.05) is 12.5 Å². The van der Waals surface area contributed by atoms with Crippen molar-refractivity contribution in [3.63, 3.8) is 0 Å². The van der Waals surface area contributed by atoms with Crippen LogP contribution in [0.1, 0.15) is 220 Å². The first-order valence-corrected chi connectivity index (χ1v) is 20.0. The molecule has 0 saturated heterocycles. The molecule has 262 valence electrons. The third kappa shape index (κ3) is 26.2. The molecule has 0 radical (unpaired) electrons. The number of aliphatic carboxylic acids is 1. The highest BCUT2D eigenvalue weighted by molar-refractivity contribution is 5.84. The van der Waals surface area contributed by atoms with Crippen LogP contribution in [-0.2, 0) is 9.59 Å².